The van der Waals surface area contributed by atoms with Crippen LogP contribution >= 0.6 is 0 Å². The van der Waals surface area contributed by atoms with Gasteiger partial charge in [0.1, 0.15) is 5.82 Å². The average molecular weight is 469 g/mol. The highest BCUT2D eigenvalue weighted by Gasteiger charge is 2.35. The van der Waals surface area contributed by atoms with Gasteiger partial charge in [-0.2, -0.15) is 0 Å². The Morgan fingerprint density at radius 3 is 2.56 bits per heavy atom. The van der Waals surface area contributed by atoms with Crippen LogP contribution in [0.1, 0.15) is 28.3 Å². The zero-order chi connectivity index (χ0) is 24.8. The molecule has 0 saturated carbocycles. The number of nitrogens with one attached hydrogen (secondary N) is 3. The number of amides is 2. The average Bonchev–Trinajstić information content (AvgIpc) is 3.14. The summed E-state index contributed by atoms with van der Waals surface area (Å²) in [7, 11) is 1.57. The highest BCUT2D eigenvalue weighted by molar-refractivity contribution is 6.39. The highest BCUT2D eigenvalue weighted by Crippen LogP contribution is 2.36. The minimum atomic E-state index is -0.887. The SMILES string of the molecule is CN=C(N)NC[C@H]1Cc2cc(CN=C(N)N)ccc2[C@@H]1NC(=O)C(=O)Nc1ccc(C)c(F)c1. The molecule has 2 amide bonds. The Hall–Kier alpha value is -4.15. The summed E-state index contributed by atoms with van der Waals surface area (Å²) < 4.78 is 13.8. The van der Waals surface area contributed by atoms with E-state index >= 15 is 0 Å². The molecule has 0 heterocycles. The predicted molar refractivity (Wildman–Crippen MR) is 129 cm³/mol. The van der Waals surface area contributed by atoms with Gasteiger partial charge in [0, 0.05) is 25.2 Å². The number of rotatable bonds is 6. The smallest absolute Gasteiger partial charge is 0.313 e. The first-order chi connectivity index (χ1) is 16.2. The molecule has 9 N–H and O–H groups in total. The van der Waals surface area contributed by atoms with E-state index in [2.05, 4.69) is 25.9 Å². The van der Waals surface area contributed by atoms with E-state index in [0.29, 0.717) is 25.1 Å². The summed E-state index contributed by atoms with van der Waals surface area (Å²) in [6, 6.07) is 9.52. The number of hydrogen-bond donors (Lipinski definition) is 6. The molecule has 2 atom stereocenters. The second kappa shape index (κ2) is 10.6. The standard InChI is InChI=1S/C23H29FN8O2/c1-12-3-5-16(9-18(12)24)31-20(33)21(34)32-19-15(11-30-23(27)28-2)8-14-7-13(4-6-17(14)19)10-29-22(25)26/h3-7,9,15,19H,8,10-11H2,1-2H3,(H,31,33)(H,32,34)(H4,25,26,29)(H3,27,28,30)/t15-,19-/m1/s1. The van der Waals surface area contributed by atoms with Gasteiger partial charge in [0.15, 0.2) is 11.9 Å². The first-order valence-electron chi connectivity index (χ1n) is 10.7. The molecular formula is C23H29FN8O2. The van der Waals surface area contributed by atoms with Crippen molar-refractivity contribution in [2.24, 2.45) is 33.1 Å². The van der Waals surface area contributed by atoms with Gasteiger partial charge in [-0.25, -0.2) is 9.38 Å². The number of hydrogen-bond acceptors (Lipinski definition) is 4. The van der Waals surface area contributed by atoms with E-state index in [4.69, 9.17) is 17.2 Å². The number of guanidine groups is 2. The van der Waals surface area contributed by atoms with Crippen molar-refractivity contribution in [2.45, 2.75) is 25.9 Å². The molecule has 0 bridgehead atoms. The lowest BCUT2D eigenvalue weighted by Gasteiger charge is -2.22. The van der Waals surface area contributed by atoms with Crippen LogP contribution in [0.3, 0.4) is 0 Å². The zero-order valence-corrected chi connectivity index (χ0v) is 19.1. The molecule has 0 radical (unpaired) electrons. The summed E-state index contributed by atoms with van der Waals surface area (Å²) in [4.78, 5) is 33.1. The summed E-state index contributed by atoms with van der Waals surface area (Å²) in [5.41, 5.74) is 20.1. The summed E-state index contributed by atoms with van der Waals surface area (Å²) in [5, 5.41) is 8.27. The Morgan fingerprint density at radius 2 is 1.88 bits per heavy atom. The van der Waals surface area contributed by atoms with Gasteiger partial charge in [0.2, 0.25) is 0 Å². The number of aryl methyl sites for hydroxylation is 1. The van der Waals surface area contributed by atoms with Crippen LogP contribution in [0.25, 0.3) is 0 Å². The third kappa shape index (κ3) is 6.00. The summed E-state index contributed by atoms with van der Waals surface area (Å²) in [6.45, 7) is 2.37. The fourth-order valence-electron chi connectivity index (χ4n) is 3.84. The molecule has 10 nitrogen and oxygen atoms in total. The number of fused-ring (bicyclic) bond motifs is 1. The third-order valence-corrected chi connectivity index (χ3v) is 5.65. The third-order valence-electron chi connectivity index (χ3n) is 5.65. The van der Waals surface area contributed by atoms with Crippen LogP contribution in [0.5, 0.6) is 0 Å². The first kappa shape index (κ1) is 24.5. The molecule has 0 fully saturated rings. The molecule has 0 aromatic heterocycles. The van der Waals surface area contributed by atoms with Gasteiger partial charge >= 0.3 is 11.8 Å². The van der Waals surface area contributed by atoms with Crippen molar-refractivity contribution < 1.29 is 14.0 Å². The molecule has 3 rings (SSSR count). The van der Waals surface area contributed by atoms with Gasteiger partial charge in [0.05, 0.1) is 12.6 Å². The van der Waals surface area contributed by atoms with Crippen LogP contribution in [0.15, 0.2) is 46.4 Å². The maximum atomic E-state index is 13.8. The lowest BCUT2D eigenvalue weighted by Crippen LogP contribution is -2.43. The van der Waals surface area contributed by atoms with Crippen LogP contribution in [0.2, 0.25) is 0 Å². The Morgan fingerprint density at radius 1 is 1.12 bits per heavy atom. The van der Waals surface area contributed by atoms with Crippen molar-refractivity contribution in [3.05, 3.63) is 64.5 Å². The minimum absolute atomic E-state index is 0.00140. The van der Waals surface area contributed by atoms with Crippen LogP contribution in [0.4, 0.5) is 10.1 Å². The number of nitrogens with zero attached hydrogens (tertiary/aromatic N) is 2. The molecule has 1 aliphatic carbocycles. The quantitative estimate of drug-likeness (QED) is 0.203. The van der Waals surface area contributed by atoms with Gasteiger partial charge in [-0.3, -0.25) is 14.6 Å². The number of benzene rings is 2. The molecule has 0 aliphatic heterocycles. The number of anilines is 1. The van der Waals surface area contributed by atoms with Gasteiger partial charge in [-0.05, 0) is 47.7 Å². The van der Waals surface area contributed by atoms with Gasteiger partial charge in [-0.15, -0.1) is 0 Å². The molecule has 2 aromatic rings. The fraction of sp³-hybridized carbons (Fsp3) is 0.304. The maximum Gasteiger partial charge on any atom is 0.313 e. The number of nitrogens with two attached hydrogens (primary N) is 3. The van der Waals surface area contributed by atoms with Gasteiger partial charge in [-0.1, -0.05) is 24.3 Å². The van der Waals surface area contributed by atoms with Crippen LogP contribution in [-0.2, 0) is 22.6 Å². The number of carbonyl (C=O) groups is 2. The van der Waals surface area contributed by atoms with E-state index < -0.39 is 23.7 Å². The number of aliphatic imine (C=N–C) groups is 2. The topological polar surface area (TPSA) is 173 Å². The monoisotopic (exact) mass is 468 g/mol. The normalized spacial score (nSPS) is 17.0. The largest absolute Gasteiger partial charge is 0.370 e. The van der Waals surface area contributed by atoms with Crippen LogP contribution < -0.4 is 33.2 Å². The van der Waals surface area contributed by atoms with E-state index in [1.165, 1.54) is 18.2 Å². The summed E-state index contributed by atoms with van der Waals surface area (Å²) >= 11 is 0. The van der Waals surface area contributed by atoms with Crippen LogP contribution in [-0.4, -0.2) is 37.3 Å². The van der Waals surface area contributed by atoms with Gasteiger partial charge < -0.3 is 33.2 Å². The molecular weight excluding hydrogens is 439 g/mol. The Labute approximate surface area is 196 Å². The molecule has 2 aromatic carbocycles. The van der Waals surface area contributed by atoms with E-state index in [0.717, 1.165) is 16.7 Å². The van der Waals surface area contributed by atoms with E-state index in [-0.39, 0.29) is 23.5 Å². The number of halogens is 1. The molecule has 0 saturated heterocycles. The molecule has 11 heteroatoms. The molecule has 180 valence electrons. The van der Waals surface area contributed by atoms with Crippen LogP contribution in [0, 0.1) is 18.7 Å². The second-order valence-corrected chi connectivity index (χ2v) is 8.10. The zero-order valence-electron chi connectivity index (χ0n) is 19.1. The summed E-state index contributed by atoms with van der Waals surface area (Å²) in [5.74, 6) is -2.01. The molecule has 0 unspecified atom stereocenters. The van der Waals surface area contributed by atoms with Crippen molar-refractivity contribution in [1.82, 2.24) is 10.6 Å². The molecule has 0 spiro atoms. The maximum absolute atomic E-state index is 13.8. The Kier molecular flexibility index (Phi) is 7.67. The Balaban J connectivity index is 1.77. The van der Waals surface area contributed by atoms with E-state index in [9.17, 15) is 14.0 Å². The van der Waals surface area contributed by atoms with Crippen molar-refractivity contribution >= 4 is 29.4 Å². The lowest BCUT2D eigenvalue weighted by molar-refractivity contribution is -0.136. The van der Waals surface area contributed by atoms with Crippen molar-refractivity contribution in [3.8, 4) is 0 Å². The minimum Gasteiger partial charge on any atom is -0.370 e. The fourth-order valence-corrected chi connectivity index (χ4v) is 3.84. The second-order valence-electron chi connectivity index (χ2n) is 8.10. The number of carbonyl (C=O) groups excluding carboxylic acids is 2. The van der Waals surface area contributed by atoms with Crippen molar-refractivity contribution in [1.29, 1.82) is 0 Å². The molecule has 34 heavy (non-hydrogen) atoms. The highest BCUT2D eigenvalue weighted by atomic mass is 19.1. The van der Waals surface area contributed by atoms with E-state index in [1.807, 2.05) is 18.2 Å². The lowest BCUT2D eigenvalue weighted by atomic mass is 10.00. The molecule has 1 aliphatic rings. The van der Waals surface area contributed by atoms with E-state index in [1.54, 1.807) is 14.0 Å². The van der Waals surface area contributed by atoms with Crippen molar-refractivity contribution in [2.75, 3.05) is 18.9 Å². The van der Waals surface area contributed by atoms with Crippen molar-refractivity contribution in [3.63, 3.8) is 0 Å². The first-order valence-corrected chi connectivity index (χ1v) is 10.7. The Bertz CT molecular complexity index is 1140. The summed E-state index contributed by atoms with van der Waals surface area (Å²) in [6.07, 6.45) is 0.630. The van der Waals surface area contributed by atoms with Gasteiger partial charge in [0.25, 0.3) is 0 Å². The predicted octanol–water partition coefficient (Wildman–Crippen LogP) is 0.410.